The van der Waals surface area contributed by atoms with Crippen LogP contribution < -0.4 is 10.9 Å². The Morgan fingerprint density at radius 2 is 1.94 bits per heavy atom. The van der Waals surface area contributed by atoms with Gasteiger partial charge in [0.2, 0.25) is 15.9 Å². The second-order valence-electron chi connectivity index (χ2n) is 6.95. The number of nitrogens with zero attached hydrogens (tertiary/aromatic N) is 4. The molecule has 162 valence electrons. The van der Waals surface area contributed by atoms with Crippen molar-refractivity contribution in [3.05, 3.63) is 68.8 Å². The lowest BCUT2D eigenvalue weighted by Crippen LogP contribution is -2.28. The van der Waals surface area contributed by atoms with Gasteiger partial charge in [0.15, 0.2) is 0 Å². The van der Waals surface area contributed by atoms with E-state index >= 15 is 0 Å². The van der Waals surface area contributed by atoms with Crippen LogP contribution in [0.15, 0.2) is 52.4 Å². The van der Waals surface area contributed by atoms with Gasteiger partial charge in [0, 0.05) is 31.9 Å². The van der Waals surface area contributed by atoms with Gasteiger partial charge in [0.05, 0.1) is 27.0 Å². The molecule has 0 aliphatic carbocycles. The van der Waals surface area contributed by atoms with Crippen molar-refractivity contribution in [2.75, 3.05) is 19.4 Å². The molecule has 3 aromatic rings. The molecule has 0 unspecified atom stereocenters. The molecule has 0 atom stereocenters. The molecule has 31 heavy (non-hydrogen) atoms. The summed E-state index contributed by atoms with van der Waals surface area (Å²) in [5, 5.41) is 13.5. The average Bonchev–Trinajstić information content (AvgIpc) is 2.71. The van der Waals surface area contributed by atoms with Crippen LogP contribution in [-0.2, 0) is 21.4 Å². The number of anilines is 1. The van der Waals surface area contributed by atoms with Gasteiger partial charge in [-0.1, -0.05) is 6.07 Å². The highest BCUT2D eigenvalue weighted by atomic mass is 32.2. The summed E-state index contributed by atoms with van der Waals surface area (Å²) in [5.41, 5.74) is 0.160. The topological polar surface area (TPSA) is 145 Å². The van der Waals surface area contributed by atoms with Crippen molar-refractivity contribution in [2.24, 2.45) is 0 Å². The fourth-order valence-corrected chi connectivity index (χ4v) is 4.03. The maximum Gasteiger partial charge on any atom is 0.270 e. The third-order valence-corrected chi connectivity index (χ3v) is 6.52. The van der Waals surface area contributed by atoms with Gasteiger partial charge in [-0.2, -0.15) is 0 Å². The molecule has 0 aliphatic heterocycles. The van der Waals surface area contributed by atoms with Crippen LogP contribution >= 0.6 is 0 Å². The maximum atomic E-state index is 12.6. The van der Waals surface area contributed by atoms with E-state index in [1.807, 2.05) is 0 Å². The lowest BCUT2D eigenvalue weighted by Gasteiger charge is -2.15. The van der Waals surface area contributed by atoms with Crippen LogP contribution in [-0.4, -0.2) is 47.2 Å². The predicted octanol–water partition coefficient (Wildman–Crippen LogP) is 1.50. The number of nitro benzene ring substituents is 1. The SMILES string of the molecule is Cc1ccc(NC(=O)Cn2cnc3ccc([N+](=O)[O-])cc3c2=O)cc1S(=O)(=O)N(C)C. The molecule has 0 aliphatic rings. The molecule has 0 saturated carbocycles. The minimum Gasteiger partial charge on any atom is -0.324 e. The maximum absolute atomic E-state index is 12.6. The zero-order valence-corrected chi connectivity index (χ0v) is 17.7. The number of carbonyl (C=O) groups is 1. The van der Waals surface area contributed by atoms with Crippen molar-refractivity contribution in [1.29, 1.82) is 0 Å². The Bertz CT molecular complexity index is 1360. The van der Waals surface area contributed by atoms with Crippen LogP contribution in [0.3, 0.4) is 0 Å². The lowest BCUT2D eigenvalue weighted by molar-refractivity contribution is -0.384. The Morgan fingerprint density at radius 1 is 1.23 bits per heavy atom. The van der Waals surface area contributed by atoms with Crippen LogP contribution in [0.5, 0.6) is 0 Å². The quantitative estimate of drug-likeness (QED) is 0.447. The van der Waals surface area contributed by atoms with Crippen LogP contribution in [0.1, 0.15) is 5.56 Å². The molecule has 0 fully saturated rings. The number of rotatable bonds is 6. The smallest absolute Gasteiger partial charge is 0.270 e. The summed E-state index contributed by atoms with van der Waals surface area (Å²) in [6.45, 7) is 1.23. The Balaban J connectivity index is 1.88. The number of fused-ring (bicyclic) bond motifs is 1. The highest BCUT2D eigenvalue weighted by Crippen LogP contribution is 2.22. The highest BCUT2D eigenvalue weighted by molar-refractivity contribution is 7.89. The normalized spacial score (nSPS) is 11.6. The Hall–Kier alpha value is -3.64. The molecule has 0 radical (unpaired) electrons. The van der Waals surface area contributed by atoms with Gasteiger partial charge >= 0.3 is 0 Å². The largest absolute Gasteiger partial charge is 0.324 e. The summed E-state index contributed by atoms with van der Waals surface area (Å²) < 4.78 is 27.0. The molecule has 1 aromatic heterocycles. The van der Waals surface area contributed by atoms with Gasteiger partial charge < -0.3 is 5.32 Å². The summed E-state index contributed by atoms with van der Waals surface area (Å²) in [6.07, 6.45) is 1.17. The first kappa shape index (κ1) is 22.1. The van der Waals surface area contributed by atoms with E-state index in [9.17, 15) is 28.1 Å². The summed E-state index contributed by atoms with van der Waals surface area (Å²) in [7, 11) is -0.893. The second kappa shape index (κ2) is 8.24. The first-order valence-electron chi connectivity index (χ1n) is 8.97. The van der Waals surface area contributed by atoms with E-state index in [2.05, 4.69) is 10.3 Å². The van der Waals surface area contributed by atoms with E-state index in [1.165, 1.54) is 38.6 Å². The second-order valence-corrected chi connectivity index (χ2v) is 9.07. The molecule has 1 heterocycles. The number of nitro groups is 1. The fraction of sp³-hybridized carbons (Fsp3) is 0.211. The first-order chi connectivity index (χ1) is 14.5. The third kappa shape index (κ3) is 4.44. The summed E-state index contributed by atoms with van der Waals surface area (Å²) in [5.74, 6) is -0.592. The molecular weight excluding hydrogens is 426 g/mol. The first-order valence-corrected chi connectivity index (χ1v) is 10.4. The molecule has 2 aromatic carbocycles. The Kier molecular flexibility index (Phi) is 5.86. The standard InChI is InChI=1S/C19H19N5O6S/c1-12-4-5-13(8-17(12)31(29,30)22(2)3)21-18(25)10-23-11-20-16-7-6-14(24(27)28)9-15(16)19(23)26/h4-9,11H,10H2,1-3H3,(H,21,25). The predicted molar refractivity (Wildman–Crippen MR) is 113 cm³/mol. The number of sulfonamides is 1. The van der Waals surface area contributed by atoms with E-state index in [0.29, 0.717) is 5.56 Å². The Morgan fingerprint density at radius 3 is 2.58 bits per heavy atom. The zero-order chi connectivity index (χ0) is 22.9. The number of hydrogen-bond donors (Lipinski definition) is 1. The van der Waals surface area contributed by atoms with Gasteiger partial charge in [-0.15, -0.1) is 0 Å². The van der Waals surface area contributed by atoms with E-state index in [4.69, 9.17) is 0 Å². The van der Waals surface area contributed by atoms with E-state index < -0.39 is 33.0 Å². The van der Waals surface area contributed by atoms with Crippen LogP contribution in [0.25, 0.3) is 10.9 Å². The van der Waals surface area contributed by atoms with Crippen molar-refractivity contribution in [3.63, 3.8) is 0 Å². The van der Waals surface area contributed by atoms with E-state index in [0.717, 1.165) is 14.9 Å². The number of carbonyl (C=O) groups excluding carboxylic acids is 1. The molecule has 11 nitrogen and oxygen atoms in total. The molecular formula is C19H19N5O6S. The van der Waals surface area contributed by atoms with Gasteiger partial charge in [0.25, 0.3) is 11.2 Å². The van der Waals surface area contributed by atoms with Gasteiger partial charge in [-0.3, -0.25) is 24.3 Å². The molecule has 1 N–H and O–H groups in total. The van der Waals surface area contributed by atoms with E-state index in [1.54, 1.807) is 19.1 Å². The van der Waals surface area contributed by atoms with Crippen LogP contribution in [0.4, 0.5) is 11.4 Å². The molecule has 3 rings (SSSR count). The minimum atomic E-state index is -3.71. The number of hydrogen-bond acceptors (Lipinski definition) is 7. The van der Waals surface area contributed by atoms with Crippen molar-refractivity contribution >= 4 is 38.2 Å². The van der Waals surface area contributed by atoms with Crippen molar-refractivity contribution in [3.8, 4) is 0 Å². The molecule has 0 saturated heterocycles. The van der Waals surface area contributed by atoms with Gasteiger partial charge in [-0.05, 0) is 30.7 Å². The van der Waals surface area contributed by atoms with Crippen molar-refractivity contribution in [1.82, 2.24) is 13.9 Å². The highest BCUT2D eigenvalue weighted by Gasteiger charge is 2.20. The van der Waals surface area contributed by atoms with Crippen LogP contribution in [0, 0.1) is 17.0 Å². The Labute approximate surface area is 177 Å². The fourth-order valence-electron chi connectivity index (χ4n) is 2.88. The third-order valence-electron chi connectivity index (χ3n) is 4.56. The minimum absolute atomic E-state index is 0.0131. The van der Waals surface area contributed by atoms with Gasteiger partial charge in [0.1, 0.15) is 6.54 Å². The monoisotopic (exact) mass is 445 g/mol. The molecule has 0 bridgehead atoms. The zero-order valence-electron chi connectivity index (χ0n) is 16.9. The number of aryl methyl sites for hydroxylation is 1. The summed E-state index contributed by atoms with van der Waals surface area (Å²) in [4.78, 5) is 39.5. The summed E-state index contributed by atoms with van der Waals surface area (Å²) >= 11 is 0. The number of aromatic nitrogens is 2. The molecule has 12 heteroatoms. The number of nitrogens with one attached hydrogen (secondary N) is 1. The number of non-ortho nitro benzene ring substituents is 1. The average molecular weight is 445 g/mol. The molecule has 0 spiro atoms. The number of benzene rings is 2. The molecule has 1 amide bonds. The van der Waals surface area contributed by atoms with Gasteiger partial charge in [-0.25, -0.2) is 17.7 Å². The summed E-state index contributed by atoms with van der Waals surface area (Å²) in [6, 6.07) is 8.16. The van der Waals surface area contributed by atoms with Crippen molar-refractivity contribution < 1.29 is 18.1 Å². The lowest BCUT2D eigenvalue weighted by atomic mass is 10.2. The number of amides is 1. The van der Waals surface area contributed by atoms with Crippen LogP contribution in [0.2, 0.25) is 0 Å². The van der Waals surface area contributed by atoms with Crippen molar-refractivity contribution in [2.45, 2.75) is 18.4 Å². The van der Waals surface area contributed by atoms with E-state index in [-0.39, 0.29) is 27.2 Å².